The number of rotatable bonds is 4. The molecule has 0 unspecified atom stereocenters. The molecular formula is C13H13BrFNO4. The first kappa shape index (κ1) is 14.8. The third-order valence-electron chi connectivity index (χ3n) is 3.10. The molecule has 1 aliphatic rings. The number of carboxylic acid groups (broad SMARTS) is 1. The Bertz CT molecular complexity index is 537. The number of carboxylic acids is 1. The van der Waals surface area contributed by atoms with Crippen molar-refractivity contribution in [3.05, 3.63) is 28.5 Å². The molecule has 0 radical (unpaired) electrons. The molecule has 108 valence electrons. The molecule has 0 saturated carbocycles. The summed E-state index contributed by atoms with van der Waals surface area (Å²) in [6, 6.07) is 3.09. The lowest BCUT2D eigenvalue weighted by atomic mass is 10.2. The van der Waals surface area contributed by atoms with Crippen molar-refractivity contribution in [2.24, 2.45) is 0 Å². The number of ether oxygens (including phenoxy) is 1. The maximum absolute atomic E-state index is 12.9. The summed E-state index contributed by atoms with van der Waals surface area (Å²) in [6.07, 6.45) is 1.13. The minimum atomic E-state index is -1.00. The lowest BCUT2D eigenvalue weighted by Crippen LogP contribution is -2.42. The standard InChI is InChI=1S/C13H13BrFNO4/c14-9-6-8(15)3-4-11(9)20-7-12(17)16-5-1-2-10(16)13(18)19/h3-4,6,10H,1-2,5,7H2,(H,18,19)/t10-/m1/s1. The highest BCUT2D eigenvalue weighted by Gasteiger charge is 2.33. The predicted octanol–water partition coefficient (Wildman–Crippen LogP) is 2.04. The van der Waals surface area contributed by atoms with E-state index < -0.39 is 17.8 Å². The zero-order chi connectivity index (χ0) is 14.7. The third-order valence-corrected chi connectivity index (χ3v) is 3.72. The van der Waals surface area contributed by atoms with Gasteiger partial charge in [0.2, 0.25) is 0 Å². The van der Waals surface area contributed by atoms with Gasteiger partial charge in [0, 0.05) is 6.54 Å². The van der Waals surface area contributed by atoms with Crippen molar-refractivity contribution in [1.82, 2.24) is 4.90 Å². The molecule has 5 nitrogen and oxygen atoms in total. The van der Waals surface area contributed by atoms with Crippen LogP contribution in [0.5, 0.6) is 5.75 Å². The molecule has 20 heavy (non-hydrogen) atoms. The summed E-state index contributed by atoms with van der Waals surface area (Å²) in [4.78, 5) is 24.3. The summed E-state index contributed by atoms with van der Waals surface area (Å²) in [5.74, 6) is -1.46. The molecule has 1 aromatic rings. The van der Waals surface area contributed by atoms with Crippen LogP contribution < -0.4 is 4.74 Å². The average molecular weight is 346 g/mol. The Labute approximate surface area is 123 Å². The van der Waals surface area contributed by atoms with E-state index in [-0.39, 0.29) is 12.5 Å². The number of halogens is 2. The van der Waals surface area contributed by atoms with E-state index in [1.807, 2.05) is 0 Å². The van der Waals surface area contributed by atoms with Gasteiger partial charge in [0.15, 0.2) is 6.61 Å². The second-order valence-corrected chi connectivity index (χ2v) is 5.30. The van der Waals surface area contributed by atoms with E-state index in [9.17, 15) is 14.0 Å². The molecule has 0 bridgehead atoms. The third kappa shape index (κ3) is 3.27. The van der Waals surface area contributed by atoms with E-state index in [1.165, 1.54) is 23.1 Å². The van der Waals surface area contributed by atoms with Gasteiger partial charge in [-0.2, -0.15) is 0 Å². The fourth-order valence-electron chi connectivity index (χ4n) is 2.14. The van der Waals surface area contributed by atoms with Crippen molar-refractivity contribution in [2.75, 3.05) is 13.2 Å². The van der Waals surface area contributed by atoms with E-state index >= 15 is 0 Å². The maximum Gasteiger partial charge on any atom is 0.326 e. The van der Waals surface area contributed by atoms with Crippen LogP contribution in [0.25, 0.3) is 0 Å². The summed E-state index contributed by atoms with van der Waals surface area (Å²) < 4.78 is 18.6. The van der Waals surface area contributed by atoms with E-state index in [0.717, 1.165) is 0 Å². The summed E-state index contributed by atoms with van der Waals surface area (Å²) in [7, 11) is 0. The number of hydrogen-bond acceptors (Lipinski definition) is 3. The molecule has 1 amide bonds. The Kier molecular flexibility index (Phi) is 4.59. The summed E-state index contributed by atoms with van der Waals surface area (Å²) >= 11 is 3.13. The zero-order valence-corrected chi connectivity index (χ0v) is 12.1. The number of benzene rings is 1. The minimum absolute atomic E-state index is 0.270. The Morgan fingerprint density at radius 2 is 2.25 bits per heavy atom. The lowest BCUT2D eigenvalue weighted by Gasteiger charge is -2.21. The fraction of sp³-hybridized carbons (Fsp3) is 0.385. The van der Waals surface area contributed by atoms with Gasteiger partial charge in [-0.05, 0) is 47.0 Å². The van der Waals surface area contributed by atoms with Crippen LogP contribution >= 0.6 is 15.9 Å². The molecule has 0 spiro atoms. The van der Waals surface area contributed by atoms with Gasteiger partial charge in [0.05, 0.1) is 4.47 Å². The summed E-state index contributed by atoms with van der Waals surface area (Å²) in [5.41, 5.74) is 0. The summed E-state index contributed by atoms with van der Waals surface area (Å²) in [5, 5.41) is 9.01. The van der Waals surface area contributed by atoms with Gasteiger partial charge in [-0.25, -0.2) is 9.18 Å². The van der Waals surface area contributed by atoms with Gasteiger partial charge in [0.25, 0.3) is 5.91 Å². The molecule has 2 rings (SSSR count). The first-order valence-corrected chi connectivity index (χ1v) is 6.88. The Balaban J connectivity index is 1.96. The number of amides is 1. The Hall–Kier alpha value is -1.63. The molecule has 1 fully saturated rings. The number of likely N-dealkylation sites (tertiary alicyclic amines) is 1. The topological polar surface area (TPSA) is 66.8 Å². The Morgan fingerprint density at radius 1 is 1.50 bits per heavy atom. The van der Waals surface area contributed by atoms with Crippen molar-refractivity contribution in [3.8, 4) is 5.75 Å². The van der Waals surface area contributed by atoms with Crippen molar-refractivity contribution >= 4 is 27.8 Å². The van der Waals surface area contributed by atoms with Crippen LogP contribution in [0.1, 0.15) is 12.8 Å². The lowest BCUT2D eigenvalue weighted by molar-refractivity contribution is -0.148. The van der Waals surface area contributed by atoms with Crippen LogP contribution in [0.15, 0.2) is 22.7 Å². The van der Waals surface area contributed by atoms with Crippen molar-refractivity contribution in [2.45, 2.75) is 18.9 Å². The van der Waals surface area contributed by atoms with E-state index in [4.69, 9.17) is 9.84 Å². The molecule has 7 heteroatoms. The molecule has 1 heterocycles. The fourth-order valence-corrected chi connectivity index (χ4v) is 2.60. The highest BCUT2D eigenvalue weighted by molar-refractivity contribution is 9.10. The van der Waals surface area contributed by atoms with Gasteiger partial charge in [0.1, 0.15) is 17.6 Å². The van der Waals surface area contributed by atoms with Crippen molar-refractivity contribution in [3.63, 3.8) is 0 Å². The molecule has 1 saturated heterocycles. The first-order chi connectivity index (χ1) is 9.49. The van der Waals surface area contributed by atoms with E-state index in [0.29, 0.717) is 29.6 Å². The zero-order valence-electron chi connectivity index (χ0n) is 10.5. The van der Waals surface area contributed by atoms with Gasteiger partial charge >= 0.3 is 5.97 Å². The molecular weight excluding hydrogens is 333 g/mol. The average Bonchev–Trinajstić information content (AvgIpc) is 2.86. The highest BCUT2D eigenvalue weighted by atomic mass is 79.9. The van der Waals surface area contributed by atoms with Crippen LogP contribution in [0.3, 0.4) is 0 Å². The molecule has 1 aromatic carbocycles. The van der Waals surface area contributed by atoms with E-state index in [1.54, 1.807) is 0 Å². The number of carbonyl (C=O) groups excluding carboxylic acids is 1. The number of nitrogens with zero attached hydrogens (tertiary/aromatic N) is 1. The molecule has 0 aromatic heterocycles. The minimum Gasteiger partial charge on any atom is -0.483 e. The summed E-state index contributed by atoms with van der Waals surface area (Å²) in [6.45, 7) is 0.151. The van der Waals surface area contributed by atoms with Crippen LogP contribution in [0.2, 0.25) is 0 Å². The molecule has 1 atom stereocenters. The molecule has 1 N–H and O–H groups in total. The number of carbonyl (C=O) groups is 2. The number of aliphatic carboxylic acids is 1. The van der Waals surface area contributed by atoms with Crippen LogP contribution in [0, 0.1) is 5.82 Å². The quantitative estimate of drug-likeness (QED) is 0.906. The molecule has 0 aliphatic carbocycles. The smallest absolute Gasteiger partial charge is 0.326 e. The van der Waals surface area contributed by atoms with Crippen molar-refractivity contribution in [1.29, 1.82) is 0 Å². The Morgan fingerprint density at radius 3 is 2.90 bits per heavy atom. The SMILES string of the molecule is O=C(O)[C@H]1CCCN1C(=O)COc1ccc(F)cc1Br. The largest absolute Gasteiger partial charge is 0.483 e. The maximum atomic E-state index is 12.9. The van der Waals surface area contributed by atoms with E-state index in [2.05, 4.69) is 15.9 Å². The monoisotopic (exact) mass is 345 g/mol. The predicted molar refractivity (Wildman–Crippen MR) is 72.0 cm³/mol. The van der Waals surface area contributed by atoms with Gasteiger partial charge in [-0.1, -0.05) is 0 Å². The number of hydrogen-bond donors (Lipinski definition) is 1. The van der Waals surface area contributed by atoms with Crippen LogP contribution in [-0.4, -0.2) is 41.1 Å². The van der Waals surface area contributed by atoms with Gasteiger partial charge in [-0.3, -0.25) is 4.79 Å². The van der Waals surface area contributed by atoms with Crippen LogP contribution in [-0.2, 0) is 9.59 Å². The van der Waals surface area contributed by atoms with Crippen molar-refractivity contribution < 1.29 is 23.8 Å². The second-order valence-electron chi connectivity index (χ2n) is 4.45. The second kappa shape index (κ2) is 6.21. The normalized spacial score (nSPS) is 18.1. The highest BCUT2D eigenvalue weighted by Crippen LogP contribution is 2.26. The van der Waals surface area contributed by atoms with Gasteiger partial charge in [-0.15, -0.1) is 0 Å². The first-order valence-electron chi connectivity index (χ1n) is 6.09. The van der Waals surface area contributed by atoms with Crippen LogP contribution in [0.4, 0.5) is 4.39 Å². The van der Waals surface area contributed by atoms with Gasteiger partial charge < -0.3 is 14.7 Å². The molecule has 1 aliphatic heterocycles.